The van der Waals surface area contributed by atoms with Crippen molar-refractivity contribution in [3.63, 3.8) is 0 Å². The van der Waals surface area contributed by atoms with Crippen molar-refractivity contribution >= 4 is 27.8 Å². The summed E-state index contributed by atoms with van der Waals surface area (Å²) in [5, 5.41) is 5.94. The predicted molar refractivity (Wildman–Crippen MR) is 142 cm³/mol. The fourth-order valence-corrected chi connectivity index (χ4v) is 5.32. The second-order valence-corrected chi connectivity index (χ2v) is 10.2. The van der Waals surface area contributed by atoms with Crippen LogP contribution in [0.1, 0.15) is 18.4 Å². The van der Waals surface area contributed by atoms with Gasteiger partial charge in [0.2, 0.25) is 0 Å². The van der Waals surface area contributed by atoms with Gasteiger partial charge >= 0.3 is 0 Å². The van der Waals surface area contributed by atoms with Crippen LogP contribution in [0, 0.1) is 0 Å². The van der Waals surface area contributed by atoms with Crippen LogP contribution in [-0.4, -0.2) is 94.0 Å². The molecule has 0 spiro atoms. The molecule has 182 valence electrons. The second-order valence-electron chi connectivity index (χ2n) is 10.2. The summed E-state index contributed by atoms with van der Waals surface area (Å²) in [5.41, 5.74) is 5.48. The highest BCUT2D eigenvalue weighted by atomic mass is 15.2. The molecule has 1 aromatic carbocycles. The zero-order valence-corrected chi connectivity index (χ0v) is 20.7. The van der Waals surface area contributed by atoms with Gasteiger partial charge in [-0.05, 0) is 69.4 Å². The van der Waals surface area contributed by atoms with Gasteiger partial charge in [-0.3, -0.25) is 4.90 Å². The molecule has 6 rings (SSSR count). The first-order valence-electron chi connectivity index (χ1n) is 12.7. The number of likely N-dealkylation sites (tertiary alicyclic amines) is 1. The lowest BCUT2D eigenvalue weighted by Gasteiger charge is -2.32. The number of hydrogen-bond donors (Lipinski definition) is 2. The number of benzene rings is 1. The quantitative estimate of drug-likeness (QED) is 0.463. The Morgan fingerprint density at radius 1 is 0.914 bits per heavy atom. The van der Waals surface area contributed by atoms with Gasteiger partial charge in [0, 0.05) is 67.5 Å². The molecule has 2 N–H and O–H groups in total. The van der Waals surface area contributed by atoms with Crippen LogP contribution in [0.4, 0.5) is 5.82 Å². The highest BCUT2D eigenvalue weighted by Gasteiger charge is 2.19. The van der Waals surface area contributed by atoms with Crippen molar-refractivity contribution in [1.29, 1.82) is 0 Å². The van der Waals surface area contributed by atoms with Crippen LogP contribution in [0.15, 0.2) is 43.0 Å². The van der Waals surface area contributed by atoms with E-state index in [2.05, 4.69) is 79.5 Å². The normalized spacial score (nSPS) is 19.0. The SMILES string of the molecule is CN1CCC(Nc2ncnc3ccc(-c4c[nH]c5ncc(CN6CCN(C)CC6)cc45)cc23)CC1. The Morgan fingerprint density at radius 3 is 2.54 bits per heavy atom. The molecular formula is C27H34N8. The van der Waals surface area contributed by atoms with Crippen molar-refractivity contribution in [1.82, 2.24) is 34.6 Å². The molecule has 35 heavy (non-hydrogen) atoms. The topological polar surface area (TPSA) is 76.2 Å². The Kier molecular flexibility index (Phi) is 6.10. The number of fused-ring (bicyclic) bond motifs is 2. The van der Waals surface area contributed by atoms with Crippen molar-refractivity contribution in [2.24, 2.45) is 0 Å². The molecule has 2 aliphatic heterocycles. The van der Waals surface area contributed by atoms with Gasteiger partial charge in [0.25, 0.3) is 0 Å². The molecule has 0 radical (unpaired) electrons. The minimum atomic E-state index is 0.447. The molecule has 0 saturated carbocycles. The highest BCUT2D eigenvalue weighted by molar-refractivity contribution is 5.98. The van der Waals surface area contributed by atoms with Gasteiger partial charge < -0.3 is 20.1 Å². The molecule has 2 aliphatic rings. The van der Waals surface area contributed by atoms with Gasteiger partial charge in [0.05, 0.1) is 5.52 Å². The molecule has 3 aromatic heterocycles. The molecule has 0 bridgehead atoms. The highest BCUT2D eigenvalue weighted by Crippen LogP contribution is 2.32. The maximum Gasteiger partial charge on any atom is 0.137 e. The van der Waals surface area contributed by atoms with Crippen LogP contribution in [-0.2, 0) is 6.54 Å². The van der Waals surface area contributed by atoms with Crippen LogP contribution in [0.5, 0.6) is 0 Å². The molecule has 8 nitrogen and oxygen atoms in total. The van der Waals surface area contributed by atoms with E-state index in [9.17, 15) is 0 Å². The van der Waals surface area contributed by atoms with Crippen molar-refractivity contribution < 1.29 is 0 Å². The summed E-state index contributed by atoms with van der Waals surface area (Å²) in [6, 6.07) is 9.23. The summed E-state index contributed by atoms with van der Waals surface area (Å²) in [6.07, 6.45) is 8.02. The van der Waals surface area contributed by atoms with Gasteiger partial charge in [-0.1, -0.05) is 6.07 Å². The van der Waals surface area contributed by atoms with Crippen LogP contribution in [0.2, 0.25) is 0 Å². The van der Waals surface area contributed by atoms with Gasteiger partial charge in [0.1, 0.15) is 17.8 Å². The zero-order valence-electron chi connectivity index (χ0n) is 20.7. The Balaban J connectivity index is 1.30. The summed E-state index contributed by atoms with van der Waals surface area (Å²) in [4.78, 5) is 24.6. The van der Waals surface area contributed by atoms with Crippen LogP contribution in [0.3, 0.4) is 0 Å². The first kappa shape index (κ1) is 22.4. The molecule has 0 unspecified atom stereocenters. The first-order valence-corrected chi connectivity index (χ1v) is 12.7. The lowest BCUT2D eigenvalue weighted by atomic mass is 10.0. The van der Waals surface area contributed by atoms with Crippen LogP contribution < -0.4 is 5.32 Å². The van der Waals surface area contributed by atoms with Crippen LogP contribution in [0.25, 0.3) is 33.1 Å². The zero-order chi connectivity index (χ0) is 23.8. The number of aromatic nitrogens is 4. The first-order chi connectivity index (χ1) is 17.1. The molecule has 0 aliphatic carbocycles. The minimum Gasteiger partial charge on any atom is -0.367 e. The smallest absolute Gasteiger partial charge is 0.137 e. The van der Waals surface area contributed by atoms with Crippen molar-refractivity contribution in [2.45, 2.75) is 25.4 Å². The Morgan fingerprint density at radius 2 is 1.71 bits per heavy atom. The molecule has 5 heterocycles. The van der Waals surface area contributed by atoms with Gasteiger partial charge in [-0.15, -0.1) is 0 Å². The van der Waals surface area contributed by atoms with E-state index in [1.165, 1.54) is 11.1 Å². The number of piperazine rings is 1. The third-order valence-electron chi connectivity index (χ3n) is 7.60. The monoisotopic (exact) mass is 470 g/mol. The Labute approximate surface area is 206 Å². The number of likely N-dealkylation sites (N-methyl/N-ethyl adjacent to an activating group) is 1. The fraction of sp³-hybridized carbons (Fsp3) is 0.444. The number of nitrogens with one attached hydrogen (secondary N) is 2. The molecule has 0 amide bonds. The third-order valence-corrected chi connectivity index (χ3v) is 7.60. The average Bonchev–Trinajstić information content (AvgIpc) is 3.30. The molecule has 4 aromatic rings. The number of pyridine rings is 1. The van der Waals surface area contributed by atoms with E-state index >= 15 is 0 Å². The van der Waals surface area contributed by atoms with Crippen molar-refractivity contribution in [2.75, 3.05) is 58.7 Å². The third kappa shape index (κ3) is 4.74. The largest absolute Gasteiger partial charge is 0.367 e. The summed E-state index contributed by atoms with van der Waals surface area (Å²) in [5.74, 6) is 0.931. The van der Waals surface area contributed by atoms with E-state index in [1.54, 1.807) is 6.33 Å². The van der Waals surface area contributed by atoms with Gasteiger partial charge in [-0.2, -0.15) is 0 Å². The number of nitrogens with zero attached hydrogens (tertiary/aromatic N) is 6. The minimum absolute atomic E-state index is 0.447. The number of H-pyrrole nitrogens is 1. The number of anilines is 1. The summed E-state index contributed by atoms with van der Waals surface area (Å²) in [6.45, 7) is 7.63. The van der Waals surface area contributed by atoms with Crippen molar-refractivity contribution in [3.8, 4) is 11.1 Å². The van der Waals surface area contributed by atoms with Gasteiger partial charge in [0.15, 0.2) is 0 Å². The summed E-state index contributed by atoms with van der Waals surface area (Å²) < 4.78 is 0. The molecule has 2 saturated heterocycles. The molecule has 8 heteroatoms. The second kappa shape index (κ2) is 9.53. The van der Waals surface area contributed by atoms with E-state index in [1.807, 2.05) is 6.20 Å². The van der Waals surface area contributed by atoms with E-state index < -0.39 is 0 Å². The maximum atomic E-state index is 4.74. The molecule has 0 atom stereocenters. The molecular weight excluding hydrogens is 436 g/mol. The summed E-state index contributed by atoms with van der Waals surface area (Å²) >= 11 is 0. The molecule has 2 fully saturated rings. The average molecular weight is 471 g/mol. The number of aromatic amines is 1. The van der Waals surface area contributed by atoms with Crippen LogP contribution >= 0.6 is 0 Å². The van der Waals surface area contributed by atoms with E-state index in [0.29, 0.717) is 6.04 Å². The summed E-state index contributed by atoms with van der Waals surface area (Å²) in [7, 11) is 4.38. The fourth-order valence-electron chi connectivity index (χ4n) is 5.32. The van der Waals surface area contributed by atoms with E-state index in [0.717, 1.165) is 92.0 Å². The predicted octanol–water partition coefficient (Wildman–Crippen LogP) is 3.43. The van der Waals surface area contributed by atoms with Gasteiger partial charge in [-0.25, -0.2) is 15.0 Å². The maximum absolute atomic E-state index is 4.74. The van der Waals surface area contributed by atoms with Crippen molar-refractivity contribution in [3.05, 3.63) is 48.5 Å². The lowest BCUT2D eigenvalue weighted by Crippen LogP contribution is -2.43. The standard InChI is InChI=1S/C27H34N8/c1-33-7-5-21(6-8-33)32-27-23-14-20(3-4-25(23)30-18-31-27)24-16-29-26-22(24)13-19(15-28-26)17-35-11-9-34(2)10-12-35/h3-4,13-16,18,21H,5-12,17H2,1-2H3,(H,28,29)(H,30,31,32). The van der Waals surface area contributed by atoms with E-state index in [4.69, 9.17) is 4.98 Å². The lowest BCUT2D eigenvalue weighted by molar-refractivity contribution is 0.148. The Hall–Kier alpha value is -3.07. The number of piperidine rings is 1. The Bertz CT molecular complexity index is 1320. The van der Waals surface area contributed by atoms with E-state index in [-0.39, 0.29) is 0 Å². The number of rotatable bonds is 5. The number of hydrogen-bond acceptors (Lipinski definition) is 7.